The zero-order chi connectivity index (χ0) is 17.9. The van der Waals surface area contributed by atoms with Crippen molar-refractivity contribution in [3.8, 4) is 5.75 Å². The monoisotopic (exact) mass is 347 g/mol. The number of carbonyl (C=O) groups is 1. The van der Waals surface area contributed by atoms with Crippen LogP contribution >= 0.6 is 11.6 Å². The van der Waals surface area contributed by atoms with Crippen molar-refractivity contribution >= 4 is 23.6 Å². The minimum atomic E-state index is -0.122. The maximum Gasteiger partial charge on any atom is 0.246 e. The predicted molar refractivity (Wildman–Crippen MR) is 96.2 cm³/mol. The Balaban J connectivity index is 2.18. The molecule has 1 aromatic heterocycles. The number of aryl methyl sites for hydroxylation is 2. The van der Waals surface area contributed by atoms with E-state index in [9.17, 15) is 4.79 Å². The standard InChI is InChI=1S/C18H22ClN3O2/c1-12-14(18(19)22(4)20-12)10-11-17(23)21(3)13(2)15-8-6-7-9-16(15)24-5/h6-11,13H,1-5H3/b11-10+. The SMILES string of the molecule is COc1ccccc1C(C)N(C)C(=O)/C=C/c1c(C)nn(C)c1Cl. The lowest BCUT2D eigenvalue weighted by Crippen LogP contribution is -2.28. The lowest BCUT2D eigenvalue weighted by Gasteiger charge is -2.25. The van der Waals surface area contributed by atoms with Crippen LogP contribution < -0.4 is 4.74 Å². The molecule has 2 aromatic rings. The van der Waals surface area contributed by atoms with Gasteiger partial charge < -0.3 is 9.64 Å². The van der Waals surface area contributed by atoms with E-state index in [1.54, 1.807) is 36.9 Å². The van der Waals surface area contributed by atoms with Crippen molar-refractivity contribution in [2.75, 3.05) is 14.2 Å². The van der Waals surface area contributed by atoms with Gasteiger partial charge in [-0.1, -0.05) is 29.8 Å². The second-order valence-electron chi connectivity index (χ2n) is 5.61. The summed E-state index contributed by atoms with van der Waals surface area (Å²) in [5.74, 6) is 0.646. The molecular weight excluding hydrogens is 326 g/mol. The zero-order valence-corrected chi connectivity index (χ0v) is 15.3. The first kappa shape index (κ1) is 18.1. The minimum absolute atomic E-state index is 0.118. The number of hydrogen-bond acceptors (Lipinski definition) is 3. The normalized spacial score (nSPS) is 12.4. The number of hydrogen-bond donors (Lipinski definition) is 0. The van der Waals surface area contributed by atoms with Crippen molar-refractivity contribution in [2.45, 2.75) is 19.9 Å². The van der Waals surface area contributed by atoms with Gasteiger partial charge >= 0.3 is 0 Å². The Bertz CT molecular complexity index is 768. The molecule has 128 valence electrons. The highest BCUT2D eigenvalue weighted by Gasteiger charge is 2.19. The van der Waals surface area contributed by atoms with Gasteiger partial charge in [-0.25, -0.2) is 0 Å². The van der Waals surface area contributed by atoms with Crippen LogP contribution in [-0.4, -0.2) is 34.7 Å². The van der Waals surface area contributed by atoms with Crippen LogP contribution in [0.5, 0.6) is 5.75 Å². The molecule has 0 radical (unpaired) electrons. The van der Waals surface area contributed by atoms with Gasteiger partial charge in [0.1, 0.15) is 10.9 Å². The molecule has 0 N–H and O–H groups in total. The number of amides is 1. The lowest BCUT2D eigenvalue weighted by molar-refractivity contribution is -0.126. The van der Waals surface area contributed by atoms with E-state index in [-0.39, 0.29) is 11.9 Å². The van der Waals surface area contributed by atoms with Crippen LogP contribution in [0.15, 0.2) is 30.3 Å². The summed E-state index contributed by atoms with van der Waals surface area (Å²) in [4.78, 5) is 14.1. The second kappa shape index (κ2) is 7.53. The maximum absolute atomic E-state index is 12.5. The Labute approximate surface area is 147 Å². The van der Waals surface area contributed by atoms with Gasteiger partial charge in [0.25, 0.3) is 0 Å². The molecule has 1 unspecified atom stereocenters. The van der Waals surface area contributed by atoms with Crippen molar-refractivity contribution < 1.29 is 9.53 Å². The Hall–Kier alpha value is -2.27. The fourth-order valence-corrected chi connectivity index (χ4v) is 2.76. The quantitative estimate of drug-likeness (QED) is 0.776. The second-order valence-corrected chi connectivity index (χ2v) is 5.97. The van der Waals surface area contributed by atoms with Gasteiger partial charge in [0.05, 0.1) is 18.8 Å². The Kier molecular flexibility index (Phi) is 5.67. The van der Waals surface area contributed by atoms with Gasteiger partial charge in [0.2, 0.25) is 5.91 Å². The topological polar surface area (TPSA) is 47.4 Å². The van der Waals surface area contributed by atoms with E-state index in [1.165, 1.54) is 6.08 Å². The average Bonchev–Trinajstić information content (AvgIpc) is 2.83. The molecule has 0 spiro atoms. The van der Waals surface area contributed by atoms with E-state index in [2.05, 4.69) is 5.10 Å². The number of likely N-dealkylation sites (N-methyl/N-ethyl adjacent to an activating group) is 1. The van der Waals surface area contributed by atoms with Gasteiger partial charge in [-0.05, 0) is 26.0 Å². The van der Waals surface area contributed by atoms with Crippen LogP contribution in [0.3, 0.4) is 0 Å². The molecule has 0 aliphatic rings. The smallest absolute Gasteiger partial charge is 0.246 e. The molecule has 1 aromatic carbocycles. The highest BCUT2D eigenvalue weighted by Crippen LogP contribution is 2.28. The van der Waals surface area contributed by atoms with Gasteiger partial charge in [-0.2, -0.15) is 5.10 Å². The van der Waals surface area contributed by atoms with Gasteiger partial charge in [0, 0.05) is 31.3 Å². The largest absolute Gasteiger partial charge is 0.496 e. The first-order chi connectivity index (χ1) is 11.4. The summed E-state index contributed by atoms with van der Waals surface area (Å²) in [5.41, 5.74) is 2.50. The molecule has 0 bridgehead atoms. The Morgan fingerprint density at radius 1 is 1.42 bits per heavy atom. The van der Waals surface area contributed by atoms with Crippen molar-refractivity contribution in [1.29, 1.82) is 0 Å². The van der Waals surface area contributed by atoms with Crippen LogP contribution in [0.4, 0.5) is 0 Å². The van der Waals surface area contributed by atoms with Gasteiger partial charge in [0.15, 0.2) is 0 Å². The molecule has 1 atom stereocenters. The third-order valence-electron chi connectivity index (χ3n) is 4.11. The third-order valence-corrected chi connectivity index (χ3v) is 4.55. The van der Waals surface area contributed by atoms with Crippen LogP contribution in [0.1, 0.15) is 29.8 Å². The first-order valence-corrected chi connectivity index (χ1v) is 8.01. The van der Waals surface area contributed by atoms with E-state index in [4.69, 9.17) is 16.3 Å². The molecule has 0 aliphatic carbocycles. The molecule has 0 saturated heterocycles. The Morgan fingerprint density at radius 3 is 2.67 bits per heavy atom. The van der Waals surface area contributed by atoms with E-state index >= 15 is 0 Å². The van der Waals surface area contributed by atoms with Crippen molar-refractivity contribution in [1.82, 2.24) is 14.7 Å². The molecule has 1 amide bonds. The molecule has 0 fully saturated rings. The molecule has 0 aliphatic heterocycles. The van der Waals surface area contributed by atoms with E-state index in [1.807, 2.05) is 38.1 Å². The summed E-state index contributed by atoms with van der Waals surface area (Å²) in [6.07, 6.45) is 3.22. The summed E-state index contributed by atoms with van der Waals surface area (Å²) in [6.45, 7) is 3.82. The number of nitrogens with zero attached hydrogens (tertiary/aromatic N) is 3. The van der Waals surface area contributed by atoms with Crippen molar-refractivity contribution in [3.63, 3.8) is 0 Å². The van der Waals surface area contributed by atoms with Crippen LogP contribution in [0.25, 0.3) is 6.08 Å². The third kappa shape index (κ3) is 3.62. The van der Waals surface area contributed by atoms with E-state index in [0.717, 1.165) is 22.6 Å². The number of halogens is 1. The molecule has 6 heteroatoms. The lowest BCUT2D eigenvalue weighted by atomic mass is 10.1. The summed E-state index contributed by atoms with van der Waals surface area (Å²) in [6, 6.07) is 7.56. The maximum atomic E-state index is 12.5. The molecule has 2 rings (SSSR count). The van der Waals surface area contributed by atoms with E-state index in [0.29, 0.717) is 5.15 Å². The molecule has 5 nitrogen and oxygen atoms in total. The van der Waals surface area contributed by atoms with Crippen LogP contribution in [0, 0.1) is 6.92 Å². The van der Waals surface area contributed by atoms with Crippen LogP contribution in [0.2, 0.25) is 5.15 Å². The number of methoxy groups -OCH3 is 1. The number of benzene rings is 1. The molecule has 1 heterocycles. The molecule has 24 heavy (non-hydrogen) atoms. The molecule has 0 saturated carbocycles. The summed E-state index contributed by atoms with van der Waals surface area (Å²) in [7, 11) is 5.16. The highest BCUT2D eigenvalue weighted by molar-refractivity contribution is 6.31. The number of aromatic nitrogens is 2. The van der Waals surface area contributed by atoms with Crippen molar-refractivity contribution in [3.05, 3.63) is 52.3 Å². The van der Waals surface area contributed by atoms with Gasteiger partial charge in [-0.3, -0.25) is 9.48 Å². The number of ether oxygens (including phenoxy) is 1. The first-order valence-electron chi connectivity index (χ1n) is 7.63. The minimum Gasteiger partial charge on any atom is -0.496 e. The highest BCUT2D eigenvalue weighted by atomic mass is 35.5. The predicted octanol–water partition coefficient (Wildman–Crippen LogP) is 3.62. The molecular formula is C18H22ClN3O2. The fourth-order valence-electron chi connectivity index (χ4n) is 2.52. The number of rotatable bonds is 5. The fraction of sp³-hybridized carbons (Fsp3) is 0.333. The van der Waals surface area contributed by atoms with Gasteiger partial charge in [-0.15, -0.1) is 0 Å². The van der Waals surface area contributed by atoms with Crippen LogP contribution in [-0.2, 0) is 11.8 Å². The number of carbonyl (C=O) groups excluding carboxylic acids is 1. The summed E-state index contributed by atoms with van der Waals surface area (Å²) >= 11 is 6.18. The zero-order valence-electron chi connectivity index (χ0n) is 14.6. The van der Waals surface area contributed by atoms with E-state index < -0.39 is 0 Å². The summed E-state index contributed by atoms with van der Waals surface area (Å²) in [5, 5.41) is 4.74. The average molecular weight is 348 g/mol. The number of para-hydroxylation sites is 1. The summed E-state index contributed by atoms with van der Waals surface area (Å²) < 4.78 is 6.96. The van der Waals surface area contributed by atoms with Crippen molar-refractivity contribution in [2.24, 2.45) is 7.05 Å². The Morgan fingerprint density at radius 2 is 2.08 bits per heavy atom.